The Kier molecular flexibility index (Phi) is 3.58. The molecule has 1 aliphatic rings. The number of amides is 1. The van der Waals surface area contributed by atoms with Crippen LogP contribution in [0.25, 0.3) is 10.2 Å². The van der Waals surface area contributed by atoms with Crippen LogP contribution in [0.2, 0.25) is 0 Å². The average Bonchev–Trinajstić information content (AvgIpc) is 3.01. The summed E-state index contributed by atoms with van der Waals surface area (Å²) in [6, 6.07) is 4.06. The van der Waals surface area contributed by atoms with Gasteiger partial charge in [-0.3, -0.25) is 4.79 Å². The summed E-state index contributed by atoms with van der Waals surface area (Å²) in [6.07, 6.45) is 1.05. The maximum atomic E-state index is 12.6. The number of H-pyrrole nitrogens is 1. The van der Waals surface area contributed by atoms with Gasteiger partial charge in [-0.15, -0.1) is 11.3 Å². The highest BCUT2D eigenvalue weighted by Crippen LogP contribution is 2.31. The van der Waals surface area contributed by atoms with Crippen LogP contribution in [0.3, 0.4) is 0 Å². The number of aromatic nitrogens is 1. The number of carbonyl (C=O) groups is 1. The van der Waals surface area contributed by atoms with Gasteiger partial charge in [0.1, 0.15) is 10.5 Å². The molecule has 114 valence electrons. The number of rotatable bonds is 2. The number of hydrogen-bond donors (Lipinski definition) is 2. The summed E-state index contributed by atoms with van der Waals surface area (Å²) in [7, 11) is 0. The Balaban J connectivity index is 1.72. The molecule has 0 bridgehead atoms. The molecule has 21 heavy (non-hydrogen) atoms. The Morgan fingerprint density at radius 3 is 2.90 bits per heavy atom. The van der Waals surface area contributed by atoms with Crippen molar-refractivity contribution in [2.45, 2.75) is 33.2 Å². The smallest absolute Gasteiger partial charge is 0.270 e. The maximum Gasteiger partial charge on any atom is 0.270 e. The molecule has 0 aromatic carbocycles. The molecule has 3 heterocycles. The van der Waals surface area contributed by atoms with Gasteiger partial charge in [-0.25, -0.2) is 0 Å². The second-order valence-corrected chi connectivity index (χ2v) is 8.20. The second-order valence-electron chi connectivity index (χ2n) is 7.29. The zero-order valence-electron chi connectivity index (χ0n) is 12.8. The van der Waals surface area contributed by atoms with Crippen molar-refractivity contribution in [3.63, 3.8) is 0 Å². The lowest BCUT2D eigenvalue weighted by Crippen LogP contribution is -2.33. The summed E-state index contributed by atoms with van der Waals surface area (Å²) in [5, 5.41) is 3.14. The number of aromatic amines is 1. The van der Waals surface area contributed by atoms with Crippen LogP contribution in [0.1, 0.15) is 37.7 Å². The number of hydrogen-bond acceptors (Lipinski definition) is 3. The van der Waals surface area contributed by atoms with E-state index in [4.69, 9.17) is 5.73 Å². The molecule has 4 nitrogen and oxygen atoms in total. The monoisotopic (exact) mass is 305 g/mol. The molecule has 1 saturated heterocycles. The first kappa shape index (κ1) is 14.6. The summed E-state index contributed by atoms with van der Waals surface area (Å²) >= 11 is 1.63. The number of thiophene rings is 1. The van der Waals surface area contributed by atoms with E-state index in [0.717, 1.165) is 23.2 Å². The average molecular weight is 305 g/mol. The first-order valence-electron chi connectivity index (χ1n) is 7.44. The lowest BCUT2D eigenvalue weighted by Gasteiger charge is -2.24. The number of nitrogens with two attached hydrogens (primary N) is 1. The van der Waals surface area contributed by atoms with E-state index in [1.54, 1.807) is 11.3 Å². The highest BCUT2D eigenvalue weighted by Gasteiger charge is 2.35. The minimum atomic E-state index is 0.0743. The van der Waals surface area contributed by atoms with Crippen molar-refractivity contribution >= 4 is 27.5 Å². The predicted molar refractivity (Wildman–Crippen MR) is 87.6 cm³/mol. The molecule has 0 spiro atoms. The molecular formula is C16H23N3OS. The molecule has 3 N–H and O–H groups in total. The summed E-state index contributed by atoms with van der Waals surface area (Å²) < 4.78 is 0. The zero-order valence-corrected chi connectivity index (χ0v) is 13.7. The molecule has 1 amide bonds. The third-order valence-corrected chi connectivity index (χ3v) is 4.97. The number of fused-ring (bicyclic) bond motifs is 1. The van der Waals surface area contributed by atoms with Gasteiger partial charge < -0.3 is 15.6 Å². The third kappa shape index (κ3) is 2.99. The SMILES string of the molecule is CC(C)(C)C[C@@H]1CN(C(=O)c2cc3ccsc3[nH]2)C[C@H]1N. The van der Waals surface area contributed by atoms with Crippen LogP contribution in [-0.4, -0.2) is 34.9 Å². The van der Waals surface area contributed by atoms with Crippen LogP contribution in [0, 0.1) is 11.3 Å². The predicted octanol–water partition coefficient (Wildman–Crippen LogP) is 3.06. The standard InChI is InChI=1S/C16H23N3OS/c1-16(2,3)7-11-8-19(9-12(11)17)15(20)13-6-10-4-5-21-14(10)18-13/h4-6,11-12,18H,7-9,17H2,1-3H3/t11-,12-/m1/s1. The van der Waals surface area contributed by atoms with Gasteiger partial charge in [0.2, 0.25) is 0 Å². The third-order valence-electron chi connectivity index (χ3n) is 4.13. The van der Waals surface area contributed by atoms with Gasteiger partial charge in [0.05, 0.1) is 0 Å². The maximum absolute atomic E-state index is 12.6. The van der Waals surface area contributed by atoms with Crippen LogP contribution < -0.4 is 5.73 Å². The first-order valence-corrected chi connectivity index (χ1v) is 8.32. The Bertz CT molecular complexity index is 623. The van der Waals surface area contributed by atoms with E-state index in [9.17, 15) is 4.79 Å². The fourth-order valence-corrected chi connectivity index (χ4v) is 3.98. The molecule has 0 saturated carbocycles. The van der Waals surface area contributed by atoms with E-state index >= 15 is 0 Å². The van der Waals surface area contributed by atoms with E-state index in [-0.39, 0.29) is 17.4 Å². The van der Waals surface area contributed by atoms with Gasteiger partial charge in [-0.2, -0.15) is 0 Å². The van der Waals surface area contributed by atoms with Crippen molar-refractivity contribution < 1.29 is 4.79 Å². The van der Waals surface area contributed by atoms with Crippen LogP contribution in [0.5, 0.6) is 0 Å². The van der Waals surface area contributed by atoms with Gasteiger partial charge in [0.25, 0.3) is 5.91 Å². The first-order chi connectivity index (χ1) is 9.83. The van der Waals surface area contributed by atoms with Crippen molar-refractivity contribution in [2.75, 3.05) is 13.1 Å². The summed E-state index contributed by atoms with van der Waals surface area (Å²) in [6.45, 7) is 8.10. The van der Waals surface area contributed by atoms with Gasteiger partial charge >= 0.3 is 0 Å². The minimum absolute atomic E-state index is 0.0743. The summed E-state index contributed by atoms with van der Waals surface area (Å²) in [5.74, 6) is 0.468. The molecular weight excluding hydrogens is 282 g/mol. The summed E-state index contributed by atoms with van der Waals surface area (Å²) in [5.41, 5.74) is 7.17. The lowest BCUT2D eigenvalue weighted by atomic mass is 9.83. The molecule has 0 unspecified atom stereocenters. The molecule has 1 aliphatic heterocycles. The van der Waals surface area contributed by atoms with Crippen LogP contribution in [0.15, 0.2) is 17.5 Å². The molecule has 3 rings (SSSR count). The van der Waals surface area contributed by atoms with E-state index in [2.05, 4.69) is 25.8 Å². The molecule has 1 fully saturated rings. The van der Waals surface area contributed by atoms with E-state index in [0.29, 0.717) is 18.2 Å². The molecule has 2 atom stereocenters. The van der Waals surface area contributed by atoms with Crippen molar-refractivity contribution in [3.05, 3.63) is 23.2 Å². The second kappa shape index (κ2) is 5.14. The van der Waals surface area contributed by atoms with Gasteiger partial charge in [-0.1, -0.05) is 20.8 Å². The number of likely N-dealkylation sites (tertiary alicyclic amines) is 1. The number of nitrogens with zero attached hydrogens (tertiary/aromatic N) is 1. The fourth-order valence-electron chi connectivity index (χ4n) is 3.20. The van der Waals surface area contributed by atoms with Crippen LogP contribution in [-0.2, 0) is 0 Å². The number of nitrogens with one attached hydrogen (secondary N) is 1. The quantitative estimate of drug-likeness (QED) is 0.895. The van der Waals surface area contributed by atoms with Crippen molar-refractivity contribution in [1.82, 2.24) is 9.88 Å². The molecule has 0 aliphatic carbocycles. The molecule has 5 heteroatoms. The fraction of sp³-hybridized carbons (Fsp3) is 0.562. The Morgan fingerprint density at radius 1 is 1.48 bits per heavy atom. The van der Waals surface area contributed by atoms with Crippen molar-refractivity contribution in [1.29, 1.82) is 0 Å². The zero-order chi connectivity index (χ0) is 15.2. The van der Waals surface area contributed by atoms with Crippen LogP contribution in [0.4, 0.5) is 0 Å². The van der Waals surface area contributed by atoms with Crippen molar-refractivity contribution in [3.8, 4) is 0 Å². The highest BCUT2D eigenvalue weighted by molar-refractivity contribution is 7.16. The van der Waals surface area contributed by atoms with Gasteiger partial charge in [0.15, 0.2) is 0 Å². The van der Waals surface area contributed by atoms with Crippen molar-refractivity contribution in [2.24, 2.45) is 17.1 Å². The number of carbonyl (C=O) groups excluding carboxylic acids is 1. The highest BCUT2D eigenvalue weighted by atomic mass is 32.1. The van der Waals surface area contributed by atoms with E-state index < -0.39 is 0 Å². The van der Waals surface area contributed by atoms with Gasteiger partial charge in [-0.05, 0) is 35.3 Å². The molecule has 2 aromatic rings. The van der Waals surface area contributed by atoms with E-state index in [1.165, 1.54) is 0 Å². The Morgan fingerprint density at radius 2 is 2.24 bits per heavy atom. The largest absolute Gasteiger partial charge is 0.342 e. The molecule has 0 radical (unpaired) electrons. The molecule has 2 aromatic heterocycles. The Labute approximate surface area is 129 Å². The Hall–Kier alpha value is -1.33. The lowest BCUT2D eigenvalue weighted by molar-refractivity contribution is 0.0778. The normalized spacial score (nSPS) is 23.1. The van der Waals surface area contributed by atoms with Crippen LogP contribution >= 0.6 is 11.3 Å². The summed E-state index contributed by atoms with van der Waals surface area (Å²) in [4.78, 5) is 18.8. The minimum Gasteiger partial charge on any atom is -0.342 e. The van der Waals surface area contributed by atoms with E-state index in [1.807, 2.05) is 22.4 Å². The van der Waals surface area contributed by atoms with Gasteiger partial charge in [0, 0.05) is 24.5 Å². The topological polar surface area (TPSA) is 62.1 Å².